The number of rotatable bonds is 8. The van der Waals surface area contributed by atoms with Gasteiger partial charge < -0.3 is 25.4 Å². The molecule has 0 saturated carbocycles. The molecule has 0 radical (unpaired) electrons. The Labute approximate surface area is 226 Å². The van der Waals surface area contributed by atoms with Crippen molar-refractivity contribution in [2.75, 3.05) is 43.1 Å². The smallest absolute Gasteiger partial charge is 0.319 e. The van der Waals surface area contributed by atoms with Gasteiger partial charge in [0.05, 0.1) is 31.6 Å². The molecule has 4 rings (SSSR count). The zero-order chi connectivity index (χ0) is 27.5. The third-order valence-electron chi connectivity index (χ3n) is 6.29. The molecule has 3 aromatic rings. The number of morpholine rings is 1. The van der Waals surface area contributed by atoms with Gasteiger partial charge in [-0.3, -0.25) is 0 Å². The average Bonchev–Trinajstić information content (AvgIpc) is 3.35. The lowest BCUT2D eigenvalue weighted by Crippen LogP contribution is -2.44. The molecule has 1 aromatic carbocycles. The van der Waals surface area contributed by atoms with E-state index in [0.29, 0.717) is 54.0 Å². The highest BCUT2D eigenvalue weighted by atomic mass is 32.2. The summed E-state index contributed by atoms with van der Waals surface area (Å²) in [5.41, 5.74) is 2.21. The van der Waals surface area contributed by atoms with Crippen molar-refractivity contribution in [1.82, 2.24) is 20.3 Å². The number of hydrogen-bond acceptors (Lipinski definition) is 10. The molecule has 0 aliphatic carbocycles. The second-order valence-corrected chi connectivity index (χ2v) is 13.0. The van der Waals surface area contributed by atoms with E-state index in [1.54, 1.807) is 56.5 Å². The number of aliphatic hydroxyl groups excluding tert-OH is 1. The first kappa shape index (κ1) is 27.9. The Morgan fingerprint density at radius 2 is 1.97 bits per heavy atom. The standard InChI is InChI=1S/C25H32N6O5S2/c1-16-15-37-24(27-16)38(34,35)25(3,4)20-13-21(31-10-12-36-14-17(31)2)30-22(29-20)18-5-7-19(8-6-18)28-23(33)26-9-11-32/h5-8,13,15,17,32H,9-12,14H2,1-4H3,(H2,26,28,33)/t17-/m0/s1. The first-order chi connectivity index (χ1) is 18.0. The van der Waals surface area contributed by atoms with Crippen molar-refractivity contribution in [3.8, 4) is 11.4 Å². The third kappa shape index (κ3) is 5.80. The number of ether oxygens (including phenoxy) is 1. The first-order valence-electron chi connectivity index (χ1n) is 12.2. The number of benzene rings is 1. The normalized spacial score (nSPS) is 16.3. The van der Waals surface area contributed by atoms with Gasteiger partial charge >= 0.3 is 6.03 Å². The molecule has 38 heavy (non-hydrogen) atoms. The summed E-state index contributed by atoms with van der Waals surface area (Å²) in [4.78, 5) is 27.8. The number of nitrogens with one attached hydrogen (secondary N) is 2. The number of anilines is 2. The molecule has 0 unspecified atom stereocenters. The maximum atomic E-state index is 13.7. The lowest BCUT2D eigenvalue weighted by Gasteiger charge is -2.35. The van der Waals surface area contributed by atoms with Gasteiger partial charge in [0.2, 0.25) is 14.2 Å². The Balaban J connectivity index is 1.75. The molecule has 11 nitrogen and oxygen atoms in total. The zero-order valence-corrected chi connectivity index (χ0v) is 23.4. The molecule has 3 heterocycles. The highest BCUT2D eigenvalue weighted by Gasteiger charge is 2.42. The number of amides is 2. The van der Waals surface area contributed by atoms with Crippen molar-refractivity contribution in [3.63, 3.8) is 0 Å². The maximum Gasteiger partial charge on any atom is 0.319 e. The Morgan fingerprint density at radius 1 is 1.24 bits per heavy atom. The number of aryl methyl sites for hydroxylation is 1. The van der Waals surface area contributed by atoms with Crippen molar-refractivity contribution in [2.45, 2.75) is 42.8 Å². The summed E-state index contributed by atoms with van der Waals surface area (Å²) >= 11 is 1.10. The minimum Gasteiger partial charge on any atom is -0.395 e. The van der Waals surface area contributed by atoms with Crippen molar-refractivity contribution >= 4 is 38.7 Å². The Morgan fingerprint density at radius 3 is 2.61 bits per heavy atom. The minimum absolute atomic E-state index is 0.0460. The Hall–Kier alpha value is -3.13. The molecular formula is C25H32N6O5S2. The second kappa shape index (κ2) is 11.3. The number of aromatic nitrogens is 3. The predicted molar refractivity (Wildman–Crippen MR) is 146 cm³/mol. The summed E-state index contributed by atoms with van der Waals surface area (Å²) in [6.07, 6.45) is 0. The van der Waals surface area contributed by atoms with E-state index < -0.39 is 20.6 Å². The summed E-state index contributed by atoms with van der Waals surface area (Å²) in [6.45, 7) is 8.74. The summed E-state index contributed by atoms with van der Waals surface area (Å²) in [5.74, 6) is 0.982. The fraction of sp³-hybridized carbons (Fsp3) is 0.440. The fourth-order valence-electron chi connectivity index (χ4n) is 3.95. The van der Waals surface area contributed by atoms with Gasteiger partial charge in [-0.1, -0.05) is 0 Å². The van der Waals surface area contributed by atoms with Crippen molar-refractivity contribution in [2.24, 2.45) is 0 Å². The summed E-state index contributed by atoms with van der Waals surface area (Å²) in [5, 5.41) is 15.8. The molecule has 0 spiro atoms. The molecule has 13 heteroatoms. The summed E-state index contributed by atoms with van der Waals surface area (Å²) in [7, 11) is -3.86. The third-order valence-corrected chi connectivity index (χ3v) is 10.1. The molecule has 204 valence electrons. The van der Waals surface area contributed by atoms with Crippen LogP contribution in [0.2, 0.25) is 0 Å². The van der Waals surface area contributed by atoms with Crippen LogP contribution in [0, 0.1) is 6.92 Å². The largest absolute Gasteiger partial charge is 0.395 e. The number of nitrogens with zero attached hydrogens (tertiary/aromatic N) is 4. The van der Waals surface area contributed by atoms with Gasteiger partial charge in [0.25, 0.3) is 0 Å². The van der Waals surface area contributed by atoms with Crippen LogP contribution in [0.25, 0.3) is 11.4 Å². The van der Waals surface area contributed by atoms with Crippen LogP contribution in [0.5, 0.6) is 0 Å². The minimum atomic E-state index is -3.86. The van der Waals surface area contributed by atoms with Gasteiger partial charge in [-0.05, 0) is 52.0 Å². The van der Waals surface area contributed by atoms with E-state index in [9.17, 15) is 13.2 Å². The van der Waals surface area contributed by atoms with Crippen molar-refractivity contribution < 1.29 is 23.1 Å². The quantitative estimate of drug-likeness (QED) is 0.378. The lowest BCUT2D eigenvalue weighted by atomic mass is 10.1. The van der Waals surface area contributed by atoms with E-state index in [4.69, 9.17) is 19.8 Å². The van der Waals surface area contributed by atoms with Crippen LogP contribution in [-0.4, -0.2) is 73.5 Å². The average molecular weight is 561 g/mol. The van der Waals surface area contributed by atoms with Crippen LogP contribution in [-0.2, 0) is 19.3 Å². The van der Waals surface area contributed by atoms with Crippen molar-refractivity contribution in [3.05, 3.63) is 47.1 Å². The monoisotopic (exact) mass is 560 g/mol. The highest BCUT2D eigenvalue weighted by Crippen LogP contribution is 2.37. The molecular weight excluding hydrogens is 528 g/mol. The van der Waals surface area contributed by atoms with Gasteiger partial charge in [0.15, 0.2) is 5.82 Å². The number of thiazole rings is 1. The van der Waals surface area contributed by atoms with Crippen LogP contribution in [0.1, 0.15) is 32.2 Å². The maximum absolute atomic E-state index is 13.7. The van der Waals surface area contributed by atoms with Crippen LogP contribution in [0.15, 0.2) is 40.1 Å². The van der Waals surface area contributed by atoms with Crippen molar-refractivity contribution in [1.29, 1.82) is 0 Å². The van der Waals surface area contributed by atoms with Crippen LogP contribution >= 0.6 is 11.3 Å². The van der Waals surface area contributed by atoms with E-state index in [1.165, 1.54) is 0 Å². The molecule has 2 amide bonds. The molecule has 1 saturated heterocycles. The van der Waals surface area contributed by atoms with Gasteiger partial charge in [-0.15, -0.1) is 11.3 Å². The van der Waals surface area contributed by atoms with Gasteiger partial charge in [0.1, 0.15) is 10.6 Å². The molecule has 3 N–H and O–H groups in total. The Kier molecular flexibility index (Phi) is 8.31. The number of aliphatic hydroxyl groups is 1. The molecule has 1 aliphatic heterocycles. The first-order valence-corrected chi connectivity index (χ1v) is 14.6. The number of carbonyl (C=O) groups is 1. The van der Waals surface area contributed by atoms with E-state index >= 15 is 0 Å². The molecule has 2 aromatic heterocycles. The SMILES string of the molecule is Cc1csc(S(=O)(=O)C(C)(C)c2cc(N3CCOC[C@@H]3C)nc(-c3ccc(NC(=O)NCCO)cc3)n2)n1. The van der Waals surface area contributed by atoms with Crippen LogP contribution in [0.4, 0.5) is 16.3 Å². The number of sulfone groups is 1. The number of hydrogen-bond donors (Lipinski definition) is 3. The van der Waals surface area contributed by atoms with Crippen LogP contribution in [0.3, 0.4) is 0 Å². The molecule has 1 atom stereocenters. The zero-order valence-electron chi connectivity index (χ0n) is 21.8. The van der Waals surface area contributed by atoms with Gasteiger partial charge in [-0.25, -0.2) is 28.2 Å². The van der Waals surface area contributed by atoms with E-state index in [-0.39, 0.29) is 23.5 Å². The van der Waals surface area contributed by atoms with Gasteiger partial charge in [0, 0.05) is 41.5 Å². The number of urea groups is 1. The van der Waals surface area contributed by atoms with E-state index in [2.05, 4.69) is 20.5 Å². The van der Waals surface area contributed by atoms with Crippen LogP contribution < -0.4 is 15.5 Å². The lowest BCUT2D eigenvalue weighted by molar-refractivity contribution is 0.0985. The fourth-order valence-corrected chi connectivity index (χ4v) is 6.82. The van der Waals surface area contributed by atoms with Gasteiger partial charge in [-0.2, -0.15) is 0 Å². The topological polar surface area (TPSA) is 147 Å². The second-order valence-electron chi connectivity index (χ2n) is 9.50. The van der Waals surface area contributed by atoms with E-state index in [0.717, 1.165) is 11.3 Å². The Bertz CT molecular complexity index is 1390. The predicted octanol–water partition coefficient (Wildman–Crippen LogP) is 2.96. The molecule has 0 bridgehead atoms. The summed E-state index contributed by atoms with van der Waals surface area (Å²) in [6, 6.07) is 8.30. The molecule has 1 fully saturated rings. The highest BCUT2D eigenvalue weighted by molar-refractivity contribution is 7.94. The number of carbonyl (C=O) groups excluding carboxylic acids is 1. The summed E-state index contributed by atoms with van der Waals surface area (Å²) < 4.78 is 31.6. The van der Waals surface area contributed by atoms with E-state index in [1.807, 2.05) is 6.92 Å². The molecule has 1 aliphatic rings.